The van der Waals surface area contributed by atoms with Crippen molar-refractivity contribution >= 4 is 50.6 Å². The fourth-order valence-electron chi connectivity index (χ4n) is 5.76. The molecule has 2 nitrogen and oxygen atoms in total. The van der Waals surface area contributed by atoms with Crippen LogP contribution in [0.15, 0.2) is 126 Å². The zero-order valence-electron chi connectivity index (χ0n) is 23.1. The predicted octanol–water partition coefficient (Wildman–Crippen LogP) is 7.72. The summed E-state index contributed by atoms with van der Waals surface area (Å²) in [4.78, 5) is 0. The average molecular weight is 529 g/mol. The average Bonchev–Trinajstić information content (AvgIpc) is 3.36. The standard InChI is InChI=1S/C36H34NOP/c1-25(2)29-20-13-21-30(26(3)4)35(29)37-39(27-15-7-5-8-16-27,28-17-9-6-10-18-28)34-24-14-22-32-31-19-11-12-23-33(31)38-36(32)34/h5-26H,1-4H3/p+1. The Morgan fingerprint density at radius 3 is 1.64 bits per heavy atom. The predicted molar refractivity (Wildman–Crippen MR) is 168 cm³/mol. The van der Waals surface area contributed by atoms with Gasteiger partial charge in [0.2, 0.25) is 5.69 Å². The van der Waals surface area contributed by atoms with E-state index in [-0.39, 0.29) is 0 Å². The van der Waals surface area contributed by atoms with E-state index in [0.717, 1.165) is 21.9 Å². The van der Waals surface area contributed by atoms with Gasteiger partial charge in [0, 0.05) is 32.5 Å². The molecular weight excluding hydrogens is 493 g/mol. The Morgan fingerprint density at radius 1 is 0.538 bits per heavy atom. The monoisotopic (exact) mass is 528 g/mol. The Balaban J connectivity index is 1.86. The number of nitrogens with one attached hydrogen (secondary N) is 1. The van der Waals surface area contributed by atoms with Crippen LogP contribution in [-0.2, 0) is 0 Å². The maximum atomic E-state index is 6.71. The normalized spacial score (nSPS) is 12.1. The third kappa shape index (κ3) is 4.34. The minimum absolute atomic E-state index is 0.377. The molecular formula is C36H35NOP+. The number of fused-ring (bicyclic) bond motifs is 3. The Morgan fingerprint density at radius 2 is 1.05 bits per heavy atom. The fourth-order valence-corrected chi connectivity index (χ4v) is 9.61. The van der Waals surface area contributed by atoms with Crippen molar-refractivity contribution in [3.8, 4) is 0 Å². The first-order valence-corrected chi connectivity index (χ1v) is 15.6. The van der Waals surface area contributed by atoms with Gasteiger partial charge in [-0.1, -0.05) is 113 Å². The van der Waals surface area contributed by atoms with Crippen LogP contribution in [0.5, 0.6) is 0 Å². The lowest BCUT2D eigenvalue weighted by atomic mass is 9.93. The smallest absolute Gasteiger partial charge is 0.206 e. The molecule has 0 radical (unpaired) electrons. The first-order chi connectivity index (χ1) is 19.0. The SMILES string of the molecule is CC(C)c1cccc(C(C)C)c1[NH+]=P(c1ccccc1)(c1ccccc1)c1cccc2c1oc1ccccc12. The van der Waals surface area contributed by atoms with Gasteiger partial charge in [0.05, 0.1) is 5.30 Å². The van der Waals surface area contributed by atoms with E-state index in [2.05, 4.69) is 148 Å². The lowest BCUT2D eigenvalue weighted by Gasteiger charge is -2.23. The highest BCUT2D eigenvalue weighted by Gasteiger charge is 2.38. The van der Waals surface area contributed by atoms with Gasteiger partial charge in [0.15, 0.2) is 7.05 Å². The number of benzene rings is 5. The molecule has 3 heteroatoms. The topological polar surface area (TPSA) is 27.1 Å². The van der Waals surface area contributed by atoms with Gasteiger partial charge in [-0.2, -0.15) is 0 Å². The van der Waals surface area contributed by atoms with Crippen LogP contribution >= 0.6 is 7.05 Å². The van der Waals surface area contributed by atoms with E-state index in [0.29, 0.717) is 11.8 Å². The summed E-state index contributed by atoms with van der Waals surface area (Å²) in [5.41, 5.74) is 5.81. The summed E-state index contributed by atoms with van der Waals surface area (Å²) in [6, 6.07) is 43.8. The lowest BCUT2D eigenvalue weighted by Crippen LogP contribution is -2.66. The van der Waals surface area contributed by atoms with Crippen molar-refractivity contribution in [2.24, 2.45) is 0 Å². The van der Waals surface area contributed by atoms with Crippen LogP contribution in [0.25, 0.3) is 21.9 Å². The van der Waals surface area contributed by atoms with E-state index in [9.17, 15) is 0 Å². The molecule has 0 aliphatic heterocycles. The molecule has 0 unspecified atom stereocenters. The highest BCUT2D eigenvalue weighted by atomic mass is 31.2. The molecule has 6 aromatic rings. The van der Waals surface area contributed by atoms with E-state index in [1.54, 1.807) is 0 Å². The quantitative estimate of drug-likeness (QED) is 0.220. The molecule has 194 valence electrons. The van der Waals surface area contributed by atoms with Gasteiger partial charge < -0.3 is 4.42 Å². The molecule has 39 heavy (non-hydrogen) atoms. The van der Waals surface area contributed by atoms with Gasteiger partial charge in [0.1, 0.15) is 11.2 Å². The zero-order valence-corrected chi connectivity index (χ0v) is 24.0. The maximum Gasteiger partial charge on any atom is 0.206 e. The molecule has 1 N–H and O–H groups in total. The van der Waals surface area contributed by atoms with Gasteiger partial charge >= 0.3 is 0 Å². The van der Waals surface area contributed by atoms with Crippen LogP contribution in [0.2, 0.25) is 0 Å². The summed E-state index contributed by atoms with van der Waals surface area (Å²) >= 11 is 0. The molecule has 0 aliphatic rings. The Labute approximate surface area is 231 Å². The third-order valence-electron chi connectivity index (χ3n) is 7.68. The highest BCUT2D eigenvalue weighted by Crippen LogP contribution is 2.44. The fraction of sp³-hybridized carbons (Fsp3) is 0.167. The summed E-state index contributed by atoms with van der Waals surface area (Å²) in [5, 5.41) is 6.07. The highest BCUT2D eigenvalue weighted by molar-refractivity contribution is 7.85. The summed E-state index contributed by atoms with van der Waals surface area (Å²) in [7, 11) is -2.45. The number of rotatable bonds is 6. The number of para-hydroxylation sites is 3. The van der Waals surface area contributed by atoms with Crippen LogP contribution in [0.4, 0.5) is 5.69 Å². The van der Waals surface area contributed by atoms with Gasteiger partial charge in [-0.25, -0.2) is 4.74 Å². The number of furan rings is 1. The molecule has 0 saturated carbocycles. The number of hydrogen-bond acceptors (Lipinski definition) is 1. The van der Waals surface area contributed by atoms with E-state index < -0.39 is 7.05 Å². The molecule has 0 spiro atoms. The van der Waals surface area contributed by atoms with E-state index >= 15 is 0 Å². The minimum atomic E-state index is -2.45. The van der Waals surface area contributed by atoms with Crippen LogP contribution in [0.3, 0.4) is 0 Å². The lowest BCUT2D eigenvalue weighted by molar-refractivity contribution is -0.328. The molecule has 0 amide bonds. The molecule has 0 atom stereocenters. The largest absolute Gasteiger partial charge is 0.455 e. The summed E-state index contributed by atoms with van der Waals surface area (Å²) < 4.78 is 11.0. The molecule has 1 heterocycles. The van der Waals surface area contributed by atoms with Crippen molar-refractivity contribution < 1.29 is 9.16 Å². The van der Waals surface area contributed by atoms with Crippen molar-refractivity contribution in [3.63, 3.8) is 0 Å². The summed E-state index contributed by atoms with van der Waals surface area (Å²) in [6.45, 7) is 9.15. The molecule has 0 aliphatic carbocycles. The van der Waals surface area contributed by atoms with Crippen molar-refractivity contribution in [1.82, 2.24) is 0 Å². The van der Waals surface area contributed by atoms with Crippen LogP contribution in [-0.4, -0.2) is 0 Å². The minimum Gasteiger partial charge on any atom is -0.455 e. The molecule has 1 aromatic heterocycles. The van der Waals surface area contributed by atoms with Crippen LogP contribution in [0.1, 0.15) is 50.7 Å². The van der Waals surface area contributed by atoms with Crippen molar-refractivity contribution in [1.29, 1.82) is 0 Å². The summed E-state index contributed by atoms with van der Waals surface area (Å²) in [5.74, 6) is 0.753. The molecule has 5 aromatic carbocycles. The second-order valence-electron chi connectivity index (χ2n) is 10.8. The zero-order chi connectivity index (χ0) is 27.0. The van der Waals surface area contributed by atoms with E-state index in [1.165, 1.54) is 32.7 Å². The molecule has 0 fully saturated rings. The van der Waals surface area contributed by atoms with Gasteiger partial charge in [-0.15, -0.1) is 0 Å². The number of hydrogen-bond donors (Lipinski definition) is 1. The van der Waals surface area contributed by atoms with Crippen LogP contribution in [0, 0.1) is 0 Å². The van der Waals surface area contributed by atoms with Crippen molar-refractivity contribution in [2.45, 2.75) is 39.5 Å². The van der Waals surface area contributed by atoms with Gasteiger partial charge in [-0.05, 0) is 48.2 Å². The summed E-state index contributed by atoms with van der Waals surface area (Å²) in [6.07, 6.45) is 0. The molecule has 0 saturated heterocycles. The second-order valence-corrected chi connectivity index (χ2v) is 13.9. The maximum absolute atomic E-state index is 6.71. The van der Waals surface area contributed by atoms with E-state index in [1.807, 2.05) is 6.07 Å². The first kappa shape index (κ1) is 25.4. The van der Waals surface area contributed by atoms with Crippen molar-refractivity contribution in [2.75, 3.05) is 0 Å². The molecule has 6 rings (SSSR count). The Bertz CT molecular complexity index is 1740. The second kappa shape index (κ2) is 10.4. The Kier molecular flexibility index (Phi) is 6.75. The Hall–Kier alpha value is -3.87. The van der Waals surface area contributed by atoms with E-state index in [4.69, 9.17) is 4.42 Å². The van der Waals surface area contributed by atoms with Crippen LogP contribution < -0.4 is 20.7 Å². The van der Waals surface area contributed by atoms with Crippen molar-refractivity contribution in [3.05, 3.63) is 132 Å². The molecule has 0 bridgehead atoms. The van der Waals surface area contributed by atoms with Gasteiger partial charge in [0.25, 0.3) is 0 Å². The first-order valence-electron chi connectivity index (χ1n) is 13.8. The third-order valence-corrected chi connectivity index (χ3v) is 11.5. The van der Waals surface area contributed by atoms with Gasteiger partial charge in [-0.3, -0.25) is 0 Å².